The summed E-state index contributed by atoms with van der Waals surface area (Å²) in [7, 11) is 1.61. The summed E-state index contributed by atoms with van der Waals surface area (Å²) in [6.45, 7) is 2.35. The van der Waals surface area contributed by atoms with E-state index in [0.29, 0.717) is 34.8 Å². The van der Waals surface area contributed by atoms with E-state index in [-0.39, 0.29) is 36.5 Å². The number of fused-ring (bicyclic) bond motifs is 1. The number of aliphatic carboxylic acids is 1. The van der Waals surface area contributed by atoms with Crippen molar-refractivity contribution in [3.8, 4) is 11.3 Å². The van der Waals surface area contributed by atoms with E-state index in [0.717, 1.165) is 4.90 Å². The van der Waals surface area contributed by atoms with Crippen molar-refractivity contribution in [1.82, 2.24) is 24.3 Å². The Morgan fingerprint density at radius 1 is 1.18 bits per heavy atom. The van der Waals surface area contributed by atoms with Crippen LogP contribution in [0.25, 0.3) is 16.9 Å². The fourth-order valence-corrected chi connectivity index (χ4v) is 5.21. The quantitative estimate of drug-likeness (QED) is 0.297. The van der Waals surface area contributed by atoms with Crippen molar-refractivity contribution in [1.29, 1.82) is 0 Å². The number of nitrogens with one attached hydrogen (secondary N) is 1. The van der Waals surface area contributed by atoms with E-state index in [2.05, 4.69) is 15.3 Å². The minimum Gasteiger partial charge on any atom is -0.480 e. The van der Waals surface area contributed by atoms with Crippen LogP contribution in [0.1, 0.15) is 27.4 Å². The number of halogens is 5. The summed E-state index contributed by atoms with van der Waals surface area (Å²) >= 11 is 0. The number of amides is 1. The Kier molecular flexibility index (Phi) is 8.35. The van der Waals surface area contributed by atoms with Crippen LogP contribution in [0.5, 0.6) is 0 Å². The van der Waals surface area contributed by atoms with Crippen LogP contribution in [0.15, 0.2) is 41.5 Å². The predicted molar refractivity (Wildman–Crippen MR) is 150 cm³/mol. The lowest BCUT2D eigenvalue weighted by Crippen LogP contribution is -2.53. The number of carbonyl (C=O) groups is 2. The van der Waals surface area contributed by atoms with Crippen LogP contribution in [0, 0.1) is 25.5 Å². The summed E-state index contributed by atoms with van der Waals surface area (Å²) in [6, 6.07) is 0.398. The van der Waals surface area contributed by atoms with Gasteiger partial charge in [-0.1, -0.05) is 0 Å². The molecule has 1 amide bonds. The number of morpholine rings is 1. The number of hydrogen-bond donors (Lipinski definition) is 2. The molecule has 4 heterocycles. The van der Waals surface area contributed by atoms with Gasteiger partial charge in [0.25, 0.3) is 11.5 Å². The molecular formula is C29H27F5N6O5. The molecule has 0 saturated carbocycles. The molecule has 238 valence electrons. The van der Waals surface area contributed by atoms with Crippen molar-refractivity contribution >= 4 is 23.2 Å². The van der Waals surface area contributed by atoms with Crippen molar-refractivity contribution in [3.63, 3.8) is 0 Å². The molecule has 45 heavy (non-hydrogen) atoms. The Hall–Kier alpha value is -4.86. The summed E-state index contributed by atoms with van der Waals surface area (Å²) < 4.78 is 78.4. The van der Waals surface area contributed by atoms with Gasteiger partial charge < -0.3 is 29.0 Å². The van der Waals surface area contributed by atoms with Crippen LogP contribution in [0.3, 0.4) is 0 Å². The molecule has 2 N–H and O–H groups in total. The Morgan fingerprint density at radius 2 is 1.87 bits per heavy atom. The number of alkyl halides is 3. The Bertz CT molecular complexity index is 1850. The fourth-order valence-electron chi connectivity index (χ4n) is 5.21. The van der Waals surface area contributed by atoms with Gasteiger partial charge in [0.1, 0.15) is 40.6 Å². The molecular weight excluding hydrogens is 607 g/mol. The zero-order valence-electron chi connectivity index (χ0n) is 24.2. The zero-order valence-corrected chi connectivity index (χ0v) is 24.2. The second kappa shape index (κ2) is 11.9. The molecule has 0 radical (unpaired) electrons. The molecule has 1 aromatic carbocycles. The molecule has 1 aliphatic rings. The number of imidazole rings is 1. The molecule has 2 atom stereocenters. The number of carbonyl (C=O) groups excluding carboxylic acids is 1. The van der Waals surface area contributed by atoms with Crippen LogP contribution in [0.4, 0.5) is 27.6 Å². The van der Waals surface area contributed by atoms with Gasteiger partial charge in [0.2, 0.25) is 0 Å². The number of carboxylic acids is 1. The average molecular weight is 635 g/mol. The molecule has 1 saturated heterocycles. The lowest BCUT2D eigenvalue weighted by Gasteiger charge is -2.38. The van der Waals surface area contributed by atoms with E-state index in [1.54, 1.807) is 20.9 Å². The standard InChI is InChI=1S/C29H27F5N6O5/c1-14-15(2)38(3)27(42)24(36-14)18-5-4-16(40-7-6-35-25(18)40)12-21(28(43)44)37-26(41)23-19(30)10-17(11-20(23)31)39-8-9-45-13-22(39)29(32,33)34/h4-7,10-11,21-22H,8-9,12-13H2,1-3H3,(H,37,41)(H,43,44)/t21?,22-/m1/s1. The van der Waals surface area contributed by atoms with Crippen LogP contribution >= 0.6 is 0 Å². The van der Waals surface area contributed by atoms with Gasteiger partial charge in [-0.25, -0.2) is 23.5 Å². The molecule has 1 fully saturated rings. The van der Waals surface area contributed by atoms with Gasteiger partial charge in [-0.05, 0) is 38.1 Å². The number of anilines is 1. The number of pyridine rings is 1. The van der Waals surface area contributed by atoms with E-state index in [1.165, 1.54) is 33.5 Å². The average Bonchev–Trinajstić information content (AvgIpc) is 3.47. The first-order chi connectivity index (χ1) is 21.2. The van der Waals surface area contributed by atoms with E-state index in [1.807, 2.05) is 0 Å². The molecule has 0 spiro atoms. The zero-order chi connectivity index (χ0) is 32.8. The molecule has 0 aliphatic carbocycles. The third-order valence-electron chi connectivity index (χ3n) is 7.81. The Labute approximate surface area is 251 Å². The van der Waals surface area contributed by atoms with E-state index in [4.69, 9.17) is 4.74 Å². The number of aromatic nitrogens is 4. The largest absolute Gasteiger partial charge is 0.480 e. The summed E-state index contributed by atoms with van der Waals surface area (Å²) in [6.07, 6.45) is -2.18. The van der Waals surface area contributed by atoms with Gasteiger partial charge in [0.15, 0.2) is 0 Å². The second-order valence-corrected chi connectivity index (χ2v) is 10.5. The van der Waals surface area contributed by atoms with Crippen molar-refractivity contribution in [3.05, 3.63) is 81.3 Å². The van der Waals surface area contributed by atoms with Gasteiger partial charge in [-0.3, -0.25) is 9.59 Å². The monoisotopic (exact) mass is 634 g/mol. The Morgan fingerprint density at radius 3 is 2.51 bits per heavy atom. The van der Waals surface area contributed by atoms with Gasteiger partial charge >= 0.3 is 12.1 Å². The molecule has 5 rings (SSSR count). The molecule has 3 aromatic heterocycles. The topological polar surface area (TPSA) is 131 Å². The maximum atomic E-state index is 15.1. The van der Waals surface area contributed by atoms with Crippen molar-refractivity contribution in [2.24, 2.45) is 7.05 Å². The van der Waals surface area contributed by atoms with E-state index >= 15 is 8.78 Å². The fraction of sp³-hybridized carbons (Fsp3) is 0.345. The van der Waals surface area contributed by atoms with E-state index < -0.39 is 59.6 Å². The van der Waals surface area contributed by atoms with Crippen LogP contribution in [-0.4, -0.2) is 73.9 Å². The number of aryl methyl sites for hydroxylation is 1. The maximum absolute atomic E-state index is 15.1. The molecule has 0 bridgehead atoms. The van der Waals surface area contributed by atoms with Crippen LogP contribution in [-0.2, 0) is 23.0 Å². The minimum atomic E-state index is -4.75. The maximum Gasteiger partial charge on any atom is 0.411 e. The molecule has 16 heteroatoms. The number of hydrogen-bond acceptors (Lipinski definition) is 7. The Balaban J connectivity index is 1.42. The highest BCUT2D eigenvalue weighted by atomic mass is 19.4. The molecule has 11 nitrogen and oxygen atoms in total. The second-order valence-electron chi connectivity index (χ2n) is 10.5. The van der Waals surface area contributed by atoms with Gasteiger partial charge in [0.05, 0.1) is 18.9 Å². The number of nitrogens with zero attached hydrogens (tertiary/aromatic N) is 5. The normalized spacial score (nSPS) is 16.2. The third-order valence-corrected chi connectivity index (χ3v) is 7.81. The summed E-state index contributed by atoms with van der Waals surface area (Å²) in [5, 5.41) is 12.0. The van der Waals surface area contributed by atoms with Gasteiger partial charge in [-0.2, -0.15) is 13.2 Å². The summed E-state index contributed by atoms with van der Waals surface area (Å²) in [5.41, 5.74) is 0.426. The third kappa shape index (κ3) is 5.96. The number of rotatable bonds is 7. The molecule has 1 aliphatic heterocycles. The van der Waals surface area contributed by atoms with Crippen LogP contribution in [0.2, 0.25) is 0 Å². The lowest BCUT2D eigenvalue weighted by atomic mass is 10.1. The highest BCUT2D eigenvalue weighted by Crippen LogP contribution is 2.33. The minimum absolute atomic E-state index is 0.110. The lowest BCUT2D eigenvalue weighted by molar-refractivity contribution is -0.167. The highest BCUT2D eigenvalue weighted by molar-refractivity contribution is 5.97. The van der Waals surface area contributed by atoms with Crippen molar-refractivity contribution in [2.75, 3.05) is 24.7 Å². The smallest absolute Gasteiger partial charge is 0.411 e. The first kappa shape index (κ1) is 31.6. The molecule has 4 aromatic rings. The first-order valence-corrected chi connectivity index (χ1v) is 13.6. The van der Waals surface area contributed by atoms with Gasteiger partial charge in [-0.15, -0.1) is 0 Å². The number of benzene rings is 1. The predicted octanol–water partition coefficient (Wildman–Crippen LogP) is 3.18. The summed E-state index contributed by atoms with van der Waals surface area (Å²) in [5.74, 6) is -5.88. The van der Waals surface area contributed by atoms with Crippen molar-refractivity contribution in [2.45, 2.75) is 38.5 Å². The summed E-state index contributed by atoms with van der Waals surface area (Å²) in [4.78, 5) is 47.5. The van der Waals surface area contributed by atoms with Crippen LogP contribution < -0.4 is 15.8 Å². The SMILES string of the molecule is Cc1nc(-c2ccc(CC(NC(=O)c3c(F)cc(N4CCOC[C@@H]4C(F)(F)F)cc3F)C(=O)O)n3ccnc23)c(=O)n(C)c1C. The number of carboxylic acid groups (broad SMARTS) is 1. The van der Waals surface area contributed by atoms with Crippen molar-refractivity contribution < 1.29 is 41.4 Å². The first-order valence-electron chi connectivity index (χ1n) is 13.6. The highest BCUT2D eigenvalue weighted by Gasteiger charge is 2.46. The van der Waals surface area contributed by atoms with E-state index in [9.17, 15) is 32.7 Å². The number of ether oxygens (including phenoxy) is 1. The van der Waals surface area contributed by atoms with Gasteiger partial charge in [0, 0.05) is 55.0 Å². The molecule has 1 unspecified atom stereocenters.